The highest BCUT2D eigenvalue weighted by atomic mass is 16.5. The van der Waals surface area contributed by atoms with Gasteiger partial charge in [-0.3, -0.25) is 0 Å². The molecule has 1 heterocycles. The van der Waals surface area contributed by atoms with Crippen molar-refractivity contribution in [1.82, 2.24) is 9.97 Å². The molecule has 0 aliphatic carbocycles. The molecule has 0 atom stereocenters. The van der Waals surface area contributed by atoms with E-state index < -0.39 is 0 Å². The minimum Gasteiger partial charge on any atom is -0.383 e. The van der Waals surface area contributed by atoms with Crippen LogP contribution in [0.2, 0.25) is 0 Å². The van der Waals surface area contributed by atoms with E-state index in [4.69, 9.17) is 10.5 Å². The Kier molecular flexibility index (Phi) is 6.43. The minimum atomic E-state index is 0.552. The lowest BCUT2D eigenvalue weighted by atomic mass is 10.3. The fourth-order valence-electron chi connectivity index (χ4n) is 1.50. The number of nitrogens with two attached hydrogens (primary N) is 1. The molecule has 0 radical (unpaired) electrons. The van der Waals surface area contributed by atoms with Crippen molar-refractivity contribution in [2.75, 3.05) is 30.8 Å². The highest BCUT2D eigenvalue weighted by Crippen LogP contribution is 2.16. The number of hydrogen-bond donors (Lipinski definition) is 2. The van der Waals surface area contributed by atoms with Crippen LogP contribution in [0.3, 0.4) is 0 Å². The van der Waals surface area contributed by atoms with E-state index in [1.54, 1.807) is 0 Å². The van der Waals surface area contributed by atoms with Crippen LogP contribution in [0, 0.1) is 6.92 Å². The van der Waals surface area contributed by atoms with Crippen LogP contribution >= 0.6 is 0 Å². The molecule has 0 saturated carbocycles. The number of nitrogen functional groups attached to an aromatic ring is 1. The van der Waals surface area contributed by atoms with Crippen molar-refractivity contribution in [3.05, 3.63) is 11.4 Å². The standard InChI is InChI=1S/C13H24N4O/c1-4-6-8-18-9-7-15-13-10(3)12(14)16-11(5-2)17-13/h4-9H2,1-3H3,(H3,14,15,16,17). The zero-order valence-electron chi connectivity index (χ0n) is 11.6. The lowest BCUT2D eigenvalue weighted by Gasteiger charge is -2.11. The zero-order valence-corrected chi connectivity index (χ0v) is 11.6. The molecule has 5 nitrogen and oxygen atoms in total. The first kappa shape index (κ1) is 14.7. The zero-order chi connectivity index (χ0) is 13.4. The number of ether oxygens (including phenoxy) is 1. The molecule has 0 aromatic carbocycles. The monoisotopic (exact) mass is 252 g/mol. The molecule has 0 aliphatic rings. The van der Waals surface area contributed by atoms with E-state index in [0.717, 1.165) is 49.6 Å². The summed E-state index contributed by atoms with van der Waals surface area (Å²) in [5.41, 5.74) is 6.75. The Labute approximate surface area is 109 Å². The van der Waals surface area contributed by atoms with Gasteiger partial charge in [-0.25, -0.2) is 9.97 Å². The van der Waals surface area contributed by atoms with Gasteiger partial charge in [-0.05, 0) is 13.3 Å². The number of nitrogens with zero attached hydrogens (tertiary/aromatic N) is 2. The molecule has 0 bridgehead atoms. The maximum Gasteiger partial charge on any atom is 0.134 e. The van der Waals surface area contributed by atoms with E-state index in [2.05, 4.69) is 22.2 Å². The molecule has 5 heteroatoms. The van der Waals surface area contributed by atoms with Crippen LogP contribution in [0.4, 0.5) is 11.6 Å². The molecular weight excluding hydrogens is 228 g/mol. The second kappa shape index (κ2) is 7.87. The van der Waals surface area contributed by atoms with Gasteiger partial charge in [0, 0.05) is 25.1 Å². The Bertz CT molecular complexity index is 368. The Morgan fingerprint density at radius 1 is 1.22 bits per heavy atom. The van der Waals surface area contributed by atoms with Crippen molar-refractivity contribution in [1.29, 1.82) is 0 Å². The summed E-state index contributed by atoms with van der Waals surface area (Å²) in [6.45, 7) is 8.34. The first-order valence-electron chi connectivity index (χ1n) is 6.63. The largest absolute Gasteiger partial charge is 0.383 e. The van der Waals surface area contributed by atoms with Crippen LogP contribution in [0.15, 0.2) is 0 Å². The second-order valence-electron chi connectivity index (χ2n) is 4.24. The summed E-state index contributed by atoms with van der Waals surface area (Å²) in [6.07, 6.45) is 3.06. The van der Waals surface area contributed by atoms with Crippen LogP contribution < -0.4 is 11.1 Å². The predicted molar refractivity (Wildman–Crippen MR) is 74.8 cm³/mol. The topological polar surface area (TPSA) is 73.1 Å². The number of aromatic nitrogens is 2. The maximum atomic E-state index is 5.84. The Morgan fingerprint density at radius 2 is 2.00 bits per heavy atom. The molecule has 0 spiro atoms. The molecule has 0 unspecified atom stereocenters. The van der Waals surface area contributed by atoms with Gasteiger partial charge >= 0.3 is 0 Å². The highest BCUT2D eigenvalue weighted by Gasteiger charge is 2.06. The third-order valence-corrected chi connectivity index (χ3v) is 2.73. The molecule has 3 N–H and O–H groups in total. The molecular formula is C13H24N4O. The summed E-state index contributed by atoms with van der Waals surface area (Å²) >= 11 is 0. The lowest BCUT2D eigenvalue weighted by Crippen LogP contribution is -2.14. The molecule has 0 fully saturated rings. The van der Waals surface area contributed by atoms with Crippen LogP contribution in [0.5, 0.6) is 0 Å². The van der Waals surface area contributed by atoms with Gasteiger partial charge in [0.2, 0.25) is 0 Å². The number of rotatable bonds is 8. The fourth-order valence-corrected chi connectivity index (χ4v) is 1.50. The lowest BCUT2D eigenvalue weighted by molar-refractivity contribution is 0.141. The summed E-state index contributed by atoms with van der Waals surface area (Å²) in [4.78, 5) is 8.64. The van der Waals surface area contributed by atoms with Gasteiger partial charge in [0.25, 0.3) is 0 Å². The number of unbranched alkanes of at least 4 members (excludes halogenated alkanes) is 1. The third kappa shape index (κ3) is 4.49. The Hall–Kier alpha value is -1.36. The second-order valence-corrected chi connectivity index (χ2v) is 4.24. The average Bonchev–Trinajstić information content (AvgIpc) is 2.38. The van der Waals surface area contributed by atoms with E-state index in [0.29, 0.717) is 12.4 Å². The summed E-state index contributed by atoms with van der Waals surface area (Å²) in [5, 5.41) is 3.25. The van der Waals surface area contributed by atoms with Gasteiger partial charge in [0.15, 0.2) is 0 Å². The van der Waals surface area contributed by atoms with E-state index in [1.807, 2.05) is 13.8 Å². The van der Waals surface area contributed by atoms with E-state index in [9.17, 15) is 0 Å². The summed E-state index contributed by atoms with van der Waals surface area (Å²) in [6, 6.07) is 0. The number of anilines is 2. The Balaban J connectivity index is 2.44. The van der Waals surface area contributed by atoms with E-state index >= 15 is 0 Å². The quantitative estimate of drug-likeness (QED) is 0.694. The van der Waals surface area contributed by atoms with Crippen molar-refractivity contribution >= 4 is 11.6 Å². The van der Waals surface area contributed by atoms with Gasteiger partial charge in [-0.1, -0.05) is 20.3 Å². The van der Waals surface area contributed by atoms with Gasteiger partial charge in [-0.15, -0.1) is 0 Å². The van der Waals surface area contributed by atoms with Crippen molar-refractivity contribution in [3.63, 3.8) is 0 Å². The normalized spacial score (nSPS) is 10.6. The van der Waals surface area contributed by atoms with Crippen molar-refractivity contribution in [3.8, 4) is 0 Å². The molecule has 1 rings (SSSR count). The fraction of sp³-hybridized carbons (Fsp3) is 0.692. The number of nitrogens with one attached hydrogen (secondary N) is 1. The molecule has 1 aromatic heterocycles. The summed E-state index contributed by atoms with van der Waals surface area (Å²) < 4.78 is 5.49. The van der Waals surface area contributed by atoms with Gasteiger partial charge in [0.1, 0.15) is 17.5 Å². The average molecular weight is 252 g/mol. The molecule has 0 saturated heterocycles. The first-order chi connectivity index (χ1) is 8.69. The van der Waals surface area contributed by atoms with E-state index in [1.165, 1.54) is 0 Å². The maximum absolute atomic E-state index is 5.84. The van der Waals surface area contributed by atoms with Crippen molar-refractivity contribution in [2.24, 2.45) is 0 Å². The van der Waals surface area contributed by atoms with Crippen LogP contribution in [-0.4, -0.2) is 29.7 Å². The van der Waals surface area contributed by atoms with Crippen molar-refractivity contribution in [2.45, 2.75) is 40.0 Å². The number of hydrogen-bond acceptors (Lipinski definition) is 5. The van der Waals surface area contributed by atoms with Gasteiger partial charge in [-0.2, -0.15) is 0 Å². The molecule has 1 aromatic rings. The van der Waals surface area contributed by atoms with Crippen LogP contribution in [0.1, 0.15) is 38.1 Å². The minimum absolute atomic E-state index is 0.552. The van der Waals surface area contributed by atoms with E-state index in [-0.39, 0.29) is 0 Å². The van der Waals surface area contributed by atoms with Crippen molar-refractivity contribution < 1.29 is 4.74 Å². The predicted octanol–water partition coefficient (Wildman–Crippen LogP) is 2.16. The molecule has 0 amide bonds. The Morgan fingerprint density at radius 3 is 2.67 bits per heavy atom. The van der Waals surface area contributed by atoms with Gasteiger partial charge < -0.3 is 15.8 Å². The smallest absolute Gasteiger partial charge is 0.134 e. The highest BCUT2D eigenvalue weighted by molar-refractivity contribution is 5.54. The number of aryl methyl sites for hydroxylation is 1. The van der Waals surface area contributed by atoms with Crippen LogP contribution in [0.25, 0.3) is 0 Å². The van der Waals surface area contributed by atoms with Crippen LogP contribution in [-0.2, 0) is 11.2 Å². The SMILES string of the molecule is CCCCOCCNc1nc(CC)nc(N)c1C. The van der Waals surface area contributed by atoms with Gasteiger partial charge in [0.05, 0.1) is 6.61 Å². The molecule has 0 aliphatic heterocycles. The third-order valence-electron chi connectivity index (χ3n) is 2.73. The summed E-state index contributed by atoms with van der Waals surface area (Å²) in [7, 11) is 0. The summed E-state index contributed by atoms with van der Waals surface area (Å²) in [5.74, 6) is 2.14. The molecule has 102 valence electrons. The molecule has 18 heavy (non-hydrogen) atoms. The first-order valence-corrected chi connectivity index (χ1v) is 6.63.